The molecule has 0 aliphatic carbocycles. The van der Waals surface area contributed by atoms with Crippen molar-refractivity contribution < 1.29 is 8.78 Å². The first kappa shape index (κ1) is 14.0. The highest BCUT2D eigenvalue weighted by Gasteiger charge is 2.26. The number of hydrogen-bond acceptors (Lipinski definition) is 2. The second kappa shape index (κ2) is 6.19. The molecule has 2 heterocycles. The van der Waals surface area contributed by atoms with E-state index in [1.807, 2.05) is 0 Å². The molecule has 2 saturated heterocycles. The Bertz CT molecular complexity index is 450. The maximum atomic E-state index is 13.7. The van der Waals surface area contributed by atoms with Crippen molar-refractivity contribution in [2.24, 2.45) is 0 Å². The lowest BCUT2D eigenvalue weighted by Gasteiger charge is -2.36. The maximum Gasteiger partial charge on any atom is 0.163 e. The van der Waals surface area contributed by atoms with Gasteiger partial charge in [0.1, 0.15) is 0 Å². The summed E-state index contributed by atoms with van der Waals surface area (Å²) in [5.74, 6) is -1.43. The van der Waals surface area contributed by atoms with Crippen LogP contribution < -0.4 is 0 Å². The van der Waals surface area contributed by atoms with Gasteiger partial charge in [-0.25, -0.2) is 8.78 Å². The van der Waals surface area contributed by atoms with Crippen molar-refractivity contribution in [3.05, 3.63) is 35.4 Å². The quantitative estimate of drug-likeness (QED) is 0.840. The predicted molar refractivity (Wildman–Crippen MR) is 75.5 cm³/mol. The summed E-state index contributed by atoms with van der Waals surface area (Å²) in [4.78, 5) is 4.84. The Kier molecular flexibility index (Phi) is 4.32. The fourth-order valence-corrected chi connectivity index (χ4v) is 3.46. The van der Waals surface area contributed by atoms with E-state index in [9.17, 15) is 8.78 Å². The average molecular weight is 280 g/mol. The topological polar surface area (TPSA) is 6.48 Å². The van der Waals surface area contributed by atoms with Crippen LogP contribution in [0.2, 0.25) is 0 Å². The lowest BCUT2D eigenvalue weighted by atomic mass is 10.0. The lowest BCUT2D eigenvalue weighted by Crippen LogP contribution is -2.43. The molecule has 3 rings (SSSR count). The molecule has 2 nitrogen and oxygen atoms in total. The van der Waals surface area contributed by atoms with Crippen molar-refractivity contribution in [3.8, 4) is 0 Å². The van der Waals surface area contributed by atoms with Gasteiger partial charge >= 0.3 is 0 Å². The van der Waals surface area contributed by atoms with Gasteiger partial charge in [-0.05, 0) is 57.9 Å². The van der Waals surface area contributed by atoms with Crippen LogP contribution in [0.4, 0.5) is 8.78 Å². The van der Waals surface area contributed by atoms with Crippen LogP contribution in [0, 0.1) is 11.6 Å². The number of benzene rings is 1. The Balaban J connectivity index is 1.54. The summed E-state index contributed by atoms with van der Waals surface area (Å²) in [6.07, 6.45) is 4.96. The van der Waals surface area contributed by atoms with Crippen LogP contribution >= 0.6 is 0 Å². The van der Waals surface area contributed by atoms with Crippen molar-refractivity contribution >= 4 is 0 Å². The highest BCUT2D eigenvalue weighted by molar-refractivity contribution is 5.18. The van der Waals surface area contributed by atoms with E-state index in [0.717, 1.165) is 25.9 Å². The predicted octanol–water partition coefficient (Wildman–Crippen LogP) is 3.03. The Morgan fingerprint density at radius 1 is 1.00 bits per heavy atom. The Hall–Kier alpha value is -1.00. The van der Waals surface area contributed by atoms with E-state index in [4.69, 9.17) is 0 Å². The molecule has 0 saturated carbocycles. The Labute approximate surface area is 119 Å². The zero-order chi connectivity index (χ0) is 13.9. The van der Waals surface area contributed by atoms with Crippen LogP contribution in [0.1, 0.15) is 31.2 Å². The standard InChI is InChI=1S/C16H22F2N2/c17-15-5-3-4-13(16(15)18)12-19-10-6-14(7-11-19)20-8-1-2-9-20/h3-5,14H,1-2,6-12H2. The SMILES string of the molecule is Fc1cccc(CN2CCC(N3CCCC3)CC2)c1F. The van der Waals surface area contributed by atoms with Gasteiger partial charge in [0.05, 0.1) is 0 Å². The third-order valence-electron chi connectivity index (χ3n) is 4.64. The highest BCUT2D eigenvalue weighted by atomic mass is 19.2. The average Bonchev–Trinajstić information content (AvgIpc) is 2.99. The molecule has 0 N–H and O–H groups in total. The van der Waals surface area contributed by atoms with E-state index in [2.05, 4.69) is 9.80 Å². The molecule has 20 heavy (non-hydrogen) atoms. The van der Waals surface area contributed by atoms with E-state index in [1.54, 1.807) is 12.1 Å². The third kappa shape index (κ3) is 3.01. The van der Waals surface area contributed by atoms with E-state index >= 15 is 0 Å². The van der Waals surface area contributed by atoms with Crippen molar-refractivity contribution in [1.82, 2.24) is 9.80 Å². The minimum Gasteiger partial charge on any atom is -0.300 e. The van der Waals surface area contributed by atoms with Gasteiger partial charge in [0.15, 0.2) is 11.6 Å². The fraction of sp³-hybridized carbons (Fsp3) is 0.625. The molecule has 0 radical (unpaired) electrons. The summed E-state index contributed by atoms with van der Waals surface area (Å²) < 4.78 is 26.9. The number of hydrogen-bond donors (Lipinski definition) is 0. The largest absolute Gasteiger partial charge is 0.300 e. The van der Waals surface area contributed by atoms with Crippen LogP contribution in [0.5, 0.6) is 0 Å². The van der Waals surface area contributed by atoms with Crippen LogP contribution in [0.15, 0.2) is 18.2 Å². The molecule has 1 aromatic rings. The molecule has 110 valence electrons. The Morgan fingerprint density at radius 3 is 2.40 bits per heavy atom. The first-order valence-electron chi connectivity index (χ1n) is 7.63. The monoisotopic (exact) mass is 280 g/mol. The fourth-order valence-electron chi connectivity index (χ4n) is 3.46. The molecule has 0 aromatic heterocycles. The van der Waals surface area contributed by atoms with Gasteiger partial charge in [0.25, 0.3) is 0 Å². The van der Waals surface area contributed by atoms with Gasteiger partial charge in [-0.1, -0.05) is 12.1 Å². The maximum absolute atomic E-state index is 13.7. The van der Waals surface area contributed by atoms with Gasteiger partial charge < -0.3 is 4.90 Å². The zero-order valence-corrected chi connectivity index (χ0v) is 11.8. The summed E-state index contributed by atoms with van der Waals surface area (Å²) in [5.41, 5.74) is 0.477. The summed E-state index contributed by atoms with van der Waals surface area (Å²) in [6, 6.07) is 5.15. The summed E-state index contributed by atoms with van der Waals surface area (Å²) >= 11 is 0. The van der Waals surface area contributed by atoms with Crippen molar-refractivity contribution in [2.75, 3.05) is 26.2 Å². The number of piperidine rings is 1. The van der Waals surface area contributed by atoms with E-state index in [-0.39, 0.29) is 0 Å². The second-order valence-electron chi connectivity index (χ2n) is 5.96. The molecule has 0 spiro atoms. The molecular weight excluding hydrogens is 258 g/mol. The Morgan fingerprint density at radius 2 is 1.70 bits per heavy atom. The first-order valence-corrected chi connectivity index (χ1v) is 7.63. The molecular formula is C16H22F2N2. The van der Waals surface area contributed by atoms with Gasteiger partial charge in [0.2, 0.25) is 0 Å². The molecule has 4 heteroatoms. The van der Waals surface area contributed by atoms with Crippen LogP contribution in [-0.4, -0.2) is 42.0 Å². The van der Waals surface area contributed by atoms with Gasteiger partial charge in [0, 0.05) is 18.2 Å². The minimum atomic E-state index is -0.741. The molecule has 0 amide bonds. The van der Waals surface area contributed by atoms with Crippen molar-refractivity contribution in [3.63, 3.8) is 0 Å². The van der Waals surface area contributed by atoms with Gasteiger partial charge in [-0.3, -0.25) is 4.90 Å². The van der Waals surface area contributed by atoms with E-state index in [1.165, 1.54) is 32.0 Å². The van der Waals surface area contributed by atoms with Crippen molar-refractivity contribution in [1.29, 1.82) is 0 Å². The number of halogens is 2. The molecule has 1 aromatic carbocycles. The number of likely N-dealkylation sites (tertiary alicyclic amines) is 2. The summed E-state index contributed by atoms with van der Waals surface area (Å²) in [5, 5.41) is 0. The molecule has 0 atom stereocenters. The first-order chi connectivity index (χ1) is 9.74. The lowest BCUT2D eigenvalue weighted by molar-refractivity contribution is 0.121. The highest BCUT2D eigenvalue weighted by Crippen LogP contribution is 2.23. The number of nitrogens with zero attached hydrogens (tertiary/aromatic N) is 2. The molecule has 0 unspecified atom stereocenters. The van der Waals surface area contributed by atoms with E-state index < -0.39 is 11.6 Å². The minimum absolute atomic E-state index is 0.477. The second-order valence-corrected chi connectivity index (χ2v) is 5.96. The van der Waals surface area contributed by atoms with Crippen LogP contribution in [0.25, 0.3) is 0 Å². The molecule has 2 fully saturated rings. The molecule has 0 bridgehead atoms. The van der Waals surface area contributed by atoms with Crippen LogP contribution in [-0.2, 0) is 6.54 Å². The summed E-state index contributed by atoms with van der Waals surface area (Å²) in [6.45, 7) is 4.97. The summed E-state index contributed by atoms with van der Waals surface area (Å²) in [7, 11) is 0. The number of rotatable bonds is 3. The van der Waals surface area contributed by atoms with Crippen molar-refractivity contribution in [2.45, 2.75) is 38.3 Å². The smallest absolute Gasteiger partial charge is 0.163 e. The molecule has 2 aliphatic rings. The van der Waals surface area contributed by atoms with Gasteiger partial charge in [-0.2, -0.15) is 0 Å². The normalized spacial score (nSPS) is 22.5. The molecule has 2 aliphatic heterocycles. The van der Waals surface area contributed by atoms with E-state index in [0.29, 0.717) is 18.2 Å². The zero-order valence-electron chi connectivity index (χ0n) is 11.8. The van der Waals surface area contributed by atoms with Crippen LogP contribution in [0.3, 0.4) is 0 Å². The third-order valence-corrected chi connectivity index (χ3v) is 4.64. The van der Waals surface area contributed by atoms with Gasteiger partial charge in [-0.15, -0.1) is 0 Å².